The van der Waals surface area contributed by atoms with E-state index in [2.05, 4.69) is 20.5 Å². The molecule has 0 unspecified atom stereocenters. The van der Waals surface area contributed by atoms with E-state index in [1.165, 1.54) is 5.56 Å². The average molecular weight is 332 g/mol. The van der Waals surface area contributed by atoms with Crippen LogP contribution in [0.25, 0.3) is 0 Å². The normalized spacial score (nSPS) is 11.0. The average Bonchev–Trinajstić information content (AvgIpc) is 3.00. The van der Waals surface area contributed by atoms with Gasteiger partial charge in [0.05, 0.1) is 23.5 Å². The van der Waals surface area contributed by atoms with Crippen molar-refractivity contribution in [3.05, 3.63) is 77.1 Å². The highest BCUT2D eigenvalue weighted by Gasteiger charge is 2.09. The van der Waals surface area contributed by atoms with Gasteiger partial charge >= 0.3 is 0 Å². The van der Waals surface area contributed by atoms with E-state index in [9.17, 15) is 4.79 Å². The van der Waals surface area contributed by atoms with Gasteiger partial charge in [-0.2, -0.15) is 5.10 Å². The zero-order chi connectivity index (χ0) is 17.6. The molecule has 3 rings (SSSR count). The van der Waals surface area contributed by atoms with Gasteiger partial charge in [0.2, 0.25) is 5.91 Å². The zero-order valence-corrected chi connectivity index (χ0v) is 14.3. The number of anilines is 1. The molecule has 2 N–H and O–H groups in total. The Morgan fingerprint density at radius 2 is 1.92 bits per heavy atom. The van der Waals surface area contributed by atoms with Crippen molar-refractivity contribution in [1.29, 1.82) is 0 Å². The van der Waals surface area contributed by atoms with Crippen LogP contribution in [0.5, 0.6) is 0 Å². The van der Waals surface area contributed by atoms with Crippen LogP contribution >= 0.6 is 0 Å². The van der Waals surface area contributed by atoms with Gasteiger partial charge in [-0.15, -0.1) is 0 Å². The van der Waals surface area contributed by atoms with Crippen LogP contribution in [0, 0.1) is 13.8 Å². The molecule has 1 amide bonds. The van der Waals surface area contributed by atoms with Gasteiger partial charge in [-0.05, 0) is 37.6 Å². The van der Waals surface area contributed by atoms with Crippen molar-refractivity contribution in [3.8, 4) is 0 Å². The number of carbonyl (C=O) groups excluding carboxylic acids is 1. The summed E-state index contributed by atoms with van der Waals surface area (Å²) in [6.45, 7) is 3.95. The van der Waals surface area contributed by atoms with E-state index in [1.54, 1.807) is 6.21 Å². The predicted molar refractivity (Wildman–Crippen MR) is 101 cm³/mol. The van der Waals surface area contributed by atoms with Crippen LogP contribution in [0.2, 0.25) is 0 Å². The van der Waals surface area contributed by atoms with E-state index in [-0.39, 0.29) is 12.3 Å². The van der Waals surface area contributed by atoms with Gasteiger partial charge in [0.25, 0.3) is 0 Å². The number of nitrogens with zero attached hydrogens (tertiary/aromatic N) is 2. The molecule has 0 aliphatic heterocycles. The number of aromatic nitrogens is 2. The van der Waals surface area contributed by atoms with Crippen molar-refractivity contribution < 1.29 is 4.79 Å². The number of nitrogens with one attached hydrogen (secondary N) is 2. The first-order valence-electron chi connectivity index (χ1n) is 8.10. The lowest BCUT2D eigenvalue weighted by Crippen LogP contribution is -2.14. The van der Waals surface area contributed by atoms with Gasteiger partial charge in [0.15, 0.2) is 0 Å². The van der Waals surface area contributed by atoms with Gasteiger partial charge in [-0.25, -0.2) is 0 Å². The third kappa shape index (κ3) is 4.64. The number of H-pyrrole nitrogens is 1. The molecule has 0 radical (unpaired) electrons. The first-order valence-corrected chi connectivity index (χ1v) is 8.10. The molecule has 0 fully saturated rings. The number of aryl methyl sites for hydroxylation is 2. The Hall–Kier alpha value is -3.21. The minimum atomic E-state index is -0.121. The van der Waals surface area contributed by atoms with Crippen LogP contribution < -0.4 is 5.32 Å². The maximum Gasteiger partial charge on any atom is 0.230 e. The lowest BCUT2D eigenvalue weighted by molar-refractivity contribution is -0.115. The number of hydrogen-bond donors (Lipinski definition) is 2. The summed E-state index contributed by atoms with van der Waals surface area (Å²) in [5.41, 5.74) is 5.27. The molecule has 126 valence electrons. The fourth-order valence-corrected chi connectivity index (χ4v) is 2.41. The first kappa shape index (κ1) is 16.6. The smallest absolute Gasteiger partial charge is 0.230 e. The maximum atomic E-state index is 12.2. The van der Waals surface area contributed by atoms with Crippen molar-refractivity contribution in [2.24, 2.45) is 4.99 Å². The van der Waals surface area contributed by atoms with Crippen molar-refractivity contribution in [2.75, 3.05) is 5.32 Å². The summed E-state index contributed by atoms with van der Waals surface area (Å²) < 4.78 is 0. The molecule has 2 aromatic carbocycles. The van der Waals surface area contributed by atoms with Crippen LogP contribution in [0.1, 0.15) is 22.5 Å². The van der Waals surface area contributed by atoms with E-state index >= 15 is 0 Å². The zero-order valence-electron chi connectivity index (χ0n) is 14.3. The summed E-state index contributed by atoms with van der Waals surface area (Å²) in [5, 5.41) is 9.83. The second-order valence-corrected chi connectivity index (χ2v) is 5.95. The third-order valence-corrected chi connectivity index (χ3v) is 3.71. The molecule has 0 aliphatic rings. The van der Waals surface area contributed by atoms with E-state index in [0.29, 0.717) is 5.69 Å². The molecule has 3 aromatic rings. The summed E-state index contributed by atoms with van der Waals surface area (Å²) in [7, 11) is 0. The monoisotopic (exact) mass is 332 g/mol. The summed E-state index contributed by atoms with van der Waals surface area (Å²) in [6, 6.07) is 17.5. The largest absolute Gasteiger partial charge is 0.324 e. The Balaban J connectivity index is 1.72. The molecule has 0 saturated carbocycles. The topological polar surface area (TPSA) is 70.1 Å². The minimum Gasteiger partial charge on any atom is -0.324 e. The highest BCUT2D eigenvalue weighted by molar-refractivity contribution is 5.95. The van der Waals surface area contributed by atoms with Crippen LogP contribution in [-0.4, -0.2) is 22.3 Å². The van der Waals surface area contributed by atoms with Crippen LogP contribution in [0.4, 0.5) is 11.4 Å². The Kier molecular flexibility index (Phi) is 5.04. The fourth-order valence-electron chi connectivity index (χ4n) is 2.41. The molecule has 25 heavy (non-hydrogen) atoms. The number of aromatic amines is 1. The van der Waals surface area contributed by atoms with Crippen molar-refractivity contribution in [1.82, 2.24) is 10.2 Å². The number of aliphatic imine (C=N–C) groups is 1. The molecular weight excluding hydrogens is 312 g/mol. The molecule has 5 nitrogen and oxygen atoms in total. The molecule has 1 heterocycles. The minimum absolute atomic E-state index is 0.121. The molecule has 0 spiro atoms. The van der Waals surface area contributed by atoms with Crippen LogP contribution in [-0.2, 0) is 11.2 Å². The molecule has 0 atom stereocenters. The first-order chi connectivity index (χ1) is 12.1. The Bertz CT molecular complexity index is 894. The molecule has 0 saturated heterocycles. The summed E-state index contributed by atoms with van der Waals surface area (Å²) >= 11 is 0. The van der Waals surface area contributed by atoms with E-state index < -0.39 is 0 Å². The quantitative estimate of drug-likeness (QED) is 0.694. The Morgan fingerprint density at radius 1 is 1.16 bits per heavy atom. The Labute approximate surface area is 146 Å². The number of carbonyl (C=O) groups is 1. The Morgan fingerprint density at radius 3 is 2.64 bits per heavy atom. The molecule has 0 aliphatic carbocycles. The highest BCUT2D eigenvalue weighted by atomic mass is 16.1. The summed E-state index contributed by atoms with van der Waals surface area (Å²) in [4.78, 5) is 16.7. The van der Waals surface area contributed by atoms with Crippen LogP contribution in [0.15, 0.2) is 59.6 Å². The second kappa shape index (κ2) is 7.57. The number of benzene rings is 2. The third-order valence-electron chi connectivity index (χ3n) is 3.71. The molecule has 0 bridgehead atoms. The van der Waals surface area contributed by atoms with Gasteiger partial charge in [0.1, 0.15) is 0 Å². The van der Waals surface area contributed by atoms with Crippen LogP contribution in [0.3, 0.4) is 0 Å². The van der Waals surface area contributed by atoms with Gasteiger partial charge in [-0.1, -0.05) is 42.0 Å². The lowest BCUT2D eigenvalue weighted by atomic mass is 10.2. The number of para-hydroxylation sites is 2. The molecule has 1 aromatic heterocycles. The number of hydrogen-bond acceptors (Lipinski definition) is 3. The van der Waals surface area contributed by atoms with E-state index in [0.717, 1.165) is 22.6 Å². The summed E-state index contributed by atoms with van der Waals surface area (Å²) in [5.74, 6) is -0.121. The molecular formula is C20H20N4O. The highest BCUT2D eigenvalue weighted by Crippen LogP contribution is 2.24. The number of amides is 1. The van der Waals surface area contributed by atoms with Gasteiger partial charge < -0.3 is 5.32 Å². The van der Waals surface area contributed by atoms with Crippen molar-refractivity contribution in [3.63, 3.8) is 0 Å². The number of rotatable bonds is 5. The van der Waals surface area contributed by atoms with Crippen molar-refractivity contribution >= 4 is 23.5 Å². The second-order valence-electron chi connectivity index (χ2n) is 5.95. The maximum absolute atomic E-state index is 12.2. The predicted octanol–water partition coefficient (Wildman–Crippen LogP) is 3.96. The summed E-state index contributed by atoms with van der Waals surface area (Å²) in [6.07, 6.45) is 2.02. The SMILES string of the molecule is Cc1ccc(C=Nc2ccccc2NC(=O)Cc2cc(C)[nH]n2)cc1. The van der Waals surface area contributed by atoms with Gasteiger partial charge in [0, 0.05) is 11.9 Å². The van der Waals surface area contributed by atoms with Crippen molar-refractivity contribution in [2.45, 2.75) is 20.3 Å². The van der Waals surface area contributed by atoms with E-state index in [1.807, 2.05) is 68.4 Å². The lowest BCUT2D eigenvalue weighted by Gasteiger charge is -2.07. The molecule has 5 heteroatoms. The van der Waals surface area contributed by atoms with Gasteiger partial charge in [-0.3, -0.25) is 14.9 Å². The van der Waals surface area contributed by atoms with E-state index in [4.69, 9.17) is 0 Å². The standard InChI is InChI=1S/C20H20N4O/c1-14-7-9-16(10-8-14)13-21-18-5-3-4-6-19(18)22-20(25)12-17-11-15(2)23-24-17/h3-11,13H,12H2,1-2H3,(H,22,25)(H,23,24). The fraction of sp³-hybridized carbons (Fsp3) is 0.150.